The predicted molar refractivity (Wildman–Crippen MR) is 79.8 cm³/mol. The molecule has 1 atom stereocenters. The summed E-state index contributed by atoms with van der Waals surface area (Å²) in [6.07, 6.45) is 4.31. The minimum atomic E-state index is -0.722. The standard InChI is InChI=1S/C16H17N3O3/c1-12(16(21)22-2)19(11-13-6-4-3-5-7-13)15(20)14-10-17-8-9-18-14/h3-10,12H,11H2,1-2H3. The summed E-state index contributed by atoms with van der Waals surface area (Å²) in [6, 6.07) is 8.70. The summed E-state index contributed by atoms with van der Waals surface area (Å²) in [5.41, 5.74) is 1.10. The molecule has 1 amide bonds. The Bertz CT molecular complexity index is 632. The maximum Gasteiger partial charge on any atom is 0.328 e. The molecule has 0 spiro atoms. The molecule has 0 bridgehead atoms. The van der Waals surface area contributed by atoms with Crippen molar-refractivity contribution in [1.82, 2.24) is 14.9 Å². The highest BCUT2D eigenvalue weighted by molar-refractivity contribution is 5.94. The summed E-state index contributed by atoms with van der Waals surface area (Å²) in [4.78, 5) is 33.8. The molecule has 1 unspecified atom stereocenters. The van der Waals surface area contributed by atoms with Crippen molar-refractivity contribution < 1.29 is 14.3 Å². The van der Waals surface area contributed by atoms with Gasteiger partial charge in [0.1, 0.15) is 11.7 Å². The van der Waals surface area contributed by atoms with Gasteiger partial charge in [0.25, 0.3) is 5.91 Å². The van der Waals surface area contributed by atoms with Crippen molar-refractivity contribution in [2.24, 2.45) is 0 Å². The third kappa shape index (κ3) is 3.66. The summed E-state index contributed by atoms with van der Waals surface area (Å²) in [7, 11) is 1.30. The van der Waals surface area contributed by atoms with Gasteiger partial charge in [-0.2, -0.15) is 0 Å². The van der Waals surface area contributed by atoms with E-state index in [0.717, 1.165) is 5.56 Å². The second-order valence-electron chi connectivity index (χ2n) is 4.71. The van der Waals surface area contributed by atoms with Crippen LogP contribution in [-0.4, -0.2) is 39.9 Å². The highest BCUT2D eigenvalue weighted by Gasteiger charge is 2.28. The molecule has 1 heterocycles. The predicted octanol–water partition coefficient (Wildman–Crippen LogP) is 1.68. The number of carbonyl (C=O) groups is 2. The molecule has 0 saturated carbocycles. The van der Waals surface area contributed by atoms with Gasteiger partial charge in [-0.25, -0.2) is 9.78 Å². The second kappa shape index (κ2) is 7.31. The van der Waals surface area contributed by atoms with E-state index in [-0.39, 0.29) is 18.1 Å². The van der Waals surface area contributed by atoms with Gasteiger partial charge >= 0.3 is 5.97 Å². The summed E-state index contributed by atoms with van der Waals surface area (Å²) in [5, 5.41) is 0. The van der Waals surface area contributed by atoms with Crippen molar-refractivity contribution in [1.29, 1.82) is 0 Å². The molecule has 2 aromatic rings. The smallest absolute Gasteiger partial charge is 0.328 e. The highest BCUT2D eigenvalue weighted by atomic mass is 16.5. The van der Waals surface area contributed by atoms with E-state index in [9.17, 15) is 9.59 Å². The molecule has 6 nitrogen and oxygen atoms in total. The van der Waals surface area contributed by atoms with Crippen molar-refractivity contribution >= 4 is 11.9 Å². The first-order valence-electron chi connectivity index (χ1n) is 6.82. The zero-order valence-corrected chi connectivity index (χ0v) is 12.5. The fraction of sp³-hybridized carbons (Fsp3) is 0.250. The summed E-state index contributed by atoms with van der Waals surface area (Å²) in [6.45, 7) is 1.91. The topological polar surface area (TPSA) is 72.4 Å². The molecule has 0 aliphatic carbocycles. The van der Waals surface area contributed by atoms with Gasteiger partial charge in [0, 0.05) is 18.9 Å². The fourth-order valence-electron chi connectivity index (χ4n) is 2.02. The van der Waals surface area contributed by atoms with E-state index in [0.29, 0.717) is 0 Å². The van der Waals surface area contributed by atoms with E-state index in [2.05, 4.69) is 9.97 Å². The number of nitrogens with zero attached hydrogens (tertiary/aromatic N) is 3. The van der Waals surface area contributed by atoms with Crippen LogP contribution in [0.1, 0.15) is 23.0 Å². The minimum Gasteiger partial charge on any atom is -0.467 e. The quantitative estimate of drug-likeness (QED) is 0.785. The second-order valence-corrected chi connectivity index (χ2v) is 4.71. The van der Waals surface area contributed by atoms with Gasteiger partial charge in [-0.05, 0) is 12.5 Å². The molecular formula is C16H17N3O3. The maximum atomic E-state index is 12.6. The Hall–Kier alpha value is -2.76. The molecule has 6 heteroatoms. The molecule has 0 radical (unpaired) electrons. The van der Waals surface area contributed by atoms with Crippen LogP contribution in [0.25, 0.3) is 0 Å². The largest absolute Gasteiger partial charge is 0.467 e. The number of ether oxygens (including phenoxy) is 1. The van der Waals surface area contributed by atoms with Crippen LogP contribution in [0.3, 0.4) is 0 Å². The molecule has 1 aromatic heterocycles. The summed E-state index contributed by atoms with van der Waals surface area (Å²) < 4.78 is 4.75. The first-order valence-corrected chi connectivity index (χ1v) is 6.82. The van der Waals surface area contributed by atoms with Crippen LogP contribution >= 0.6 is 0 Å². The van der Waals surface area contributed by atoms with Crippen LogP contribution in [0.5, 0.6) is 0 Å². The van der Waals surface area contributed by atoms with Gasteiger partial charge in [0.15, 0.2) is 0 Å². The van der Waals surface area contributed by atoms with Crippen LogP contribution in [0.15, 0.2) is 48.9 Å². The molecule has 1 aromatic carbocycles. The molecule has 0 fully saturated rings. The van der Waals surface area contributed by atoms with E-state index < -0.39 is 12.0 Å². The van der Waals surface area contributed by atoms with Crippen molar-refractivity contribution in [2.45, 2.75) is 19.5 Å². The lowest BCUT2D eigenvalue weighted by atomic mass is 10.1. The molecule has 0 aliphatic rings. The van der Waals surface area contributed by atoms with E-state index in [1.165, 1.54) is 30.6 Å². The number of esters is 1. The molecule has 0 saturated heterocycles. The maximum absolute atomic E-state index is 12.6. The molecule has 0 N–H and O–H groups in total. The molecule has 0 aliphatic heterocycles. The van der Waals surface area contributed by atoms with Gasteiger partial charge in [-0.3, -0.25) is 9.78 Å². The number of aromatic nitrogens is 2. The monoisotopic (exact) mass is 299 g/mol. The van der Waals surface area contributed by atoms with Crippen molar-refractivity contribution in [3.8, 4) is 0 Å². The molecule has 22 heavy (non-hydrogen) atoms. The summed E-state index contributed by atoms with van der Waals surface area (Å²) >= 11 is 0. The Morgan fingerprint density at radius 3 is 2.55 bits per heavy atom. The van der Waals surface area contributed by atoms with Crippen molar-refractivity contribution in [3.05, 3.63) is 60.2 Å². The third-order valence-corrected chi connectivity index (χ3v) is 3.25. The van der Waals surface area contributed by atoms with Gasteiger partial charge in [0.2, 0.25) is 0 Å². The number of carbonyl (C=O) groups excluding carboxylic acids is 2. The van der Waals surface area contributed by atoms with Gasteiger partial charge in [-0.1, -0.05) is 30.3 Å². The Morgan fingerprint density at radius 2 is 1.95 bits per heavy atom. The lowest BCUT2D eigenvalue weighted by molar-refractivity contribution is -0.145. The average Bonchev–Trinajstić information content (AvgIpc) is 2.59. The van der Waals surface area contributed by atoms with Gasteiger partial charge < -0.3 is 9.64 Å². The first-order chi connectivity index (χ1) is 10.6. The van der Waals surface area contributed by atoms with E-state index in [4.69, 9.17) is 4.74 Å². The number of benzene rings is 1. The number of hydrogen-bond donors (Lipinski definition) is 0. The van der Waals surface area contributed by atoms with E-state index in [1.54, 1.807) is 6.92 Å². The van der Waals surface area contributed by atoms with Crippen molar-refractivity contribution in [2.75, 3.05) is 7.11 Å². The molecular weight excluding hydrogens is 282 g/mol. The van der Waals surface area contributed by atoms with Gasteiger partial charge in [0.05, 0.1) is 13.3 Å². The van der Waals surface area contributed by atoms with Crippen molar-refractivity contribution in [3.63, 3.8) is 0 Å². The lowest BCUT2D eigenvalue weighted by Gasteiger charge is -2.27. The zero-order chi connectivity index (χ0) is 15.9. The number of methoxy groups -OCH3 is 1. The minimum absolute atomic E-state index is 0.189. The average molecular weight is 299 g/mol. The Labute approximate surface area is 128 Å². The number of rotatable bonds is 5. The first kappa shape index (κ1) is 15.6. The fourth-order valence-corrected chi connectivity index (χ4v) is 2.02. The lowest BCUT2D eigenvalue weighted by Crippen LogP contribution is -2.43. The van der Waals surface area contributed by atoms with Crippen LogP contribution < -0.4 is 0 Å². The normalized spacial score (nSPS) is 11.5. The Balaban J connectivity index is 2.29. The van der Waals surface area contributed by atoms with E-state index in [1.807, 2.05) is 30.3 Å². The SMILES string of the molecule is COC(=O)C(C)N(Cc1ccccc1)C(=O)c1cnccn1. The van der Waals surface area contributed by atoms with Gasteiger partial charge in [-0.15, -0.1) is 0 Å². The van der Waals surface area contributed by atoms with Crippen LogP contribution in [-0.2, 0) is 16.1 Å². The number of amides is 1. The molecule has 2 rings (SSSR count). The third-order valence-electron chi connectivity index (χ3n) is 3.25. The van der Waals surface area contributed by atoms with Crippen LogP contribution in [0, 0.1) is 0 Å². The van der Waals surface area contributed by atoms with Crippen LogP contribution in [0.4, 0.5) is 0 Å². The van der Waals surface area contributed by atoms with E-state index >= 15 is 0 Å². The zero-order valence-electron chi connectivity index (χ0n) is 12.5. The summed E-state index contributed by atoms with van der Waals surface area (Å²) in [5.74, 6) is -0.844. The Kier molecular flexibility index (Phi) is 5.19. The number of hydrogen-bond acceptors (Lipinski definition) is 5. The molecule has 114 valence electrons. The Morgan fingerprint density at radius 1 is 1.23 bits per heavy atom. The highest BCUT2D eigenvalue weighted by Crippen LogP contribution is 2.13. The van der Waals surface area contributed by atoms with Crippen LogP contribution in [0.2, 0.25) is 0 Å².